The molecule has 0 aliphatic rings. The van der Waals surface area contributed by atoms with Gasteiger partial charge in [0.25, 0.3) is 0 Å². The Labute approximate surface area is 148 Å². The van der Waals surface area contributed by atoms with Gasteiger partial charge < -0.3 is 4.42 Å². The SMILES string of the molecule is O=C(/C=C/c1ccc(-c2c(Cl)cccc2Cl)o1)c1ccc(F)cc1. The zero-order valence-corrected chi connectivity index (χ0v) is 13.8. The first kappa shape index (κ1) is 16.5. The molecular formula is C19H11Cl2FO2. The molecule has 0 atom stereocenters. The molecule has 1 aromatic heterocycles. The zero-order chi connectivity index (χ0) is 17.1. The Kier molecular flexibility index (Phi) is 4.84. The van der Waals surface area contributed by atoms with E-state index in [-0.39, 0.29) is 11.6 Å². The van der Waals surface area contributed by atoms with Gasteiger partial charge in [0.15, 0.2) is 5.78 Å². The van der Waals surface area contributed by atoms with Crippen molar-refractivity contribution in [3.05, 3.63) is 87.9 Å². The predicted molar refractivity (Wildman–Crippen MR) is 93.9 cm³/mol. The molecule has 0 saturated heterocycles. The highest BCUT2D eigenvalue weighted by atomic mass is 35.5. The Morgan fingerprint density at radius 1 is 0.958 bits per heavy atom. The van der Waals surface area contributed by atoms with Gasteiger partial charge in [0.2, 0.25) is 0 Å². The molecule has 5 heteroatoms. The Morgan fingerprint density at radius 3 is 2.29 bits per heavy atom. The molecule has 0 unspecified atom stereocenters. The fourth-order valence-electron chi connectivity index (χ4n) is 2.18. The zero-order valence-electron chi connectivity index (χ0n) is 12.3. The predicted octanol–water partition coefficient (Wildman–Crippen LogP) is 6.29. The maximum absolute atomic E-state index is 12.9. The summed E-state index contributed by atoms with van der Waals surface area (Å²) in [6.07, 6.45) is 2.91. The first-order valence-corrected chi connectivity index (χ1v) is 7.82. The summed E-state index contributed by atoms with van der Waals surface area (Å²) < 4.78 is 18.5. The standard InChI is InChI=1S/C19H11Cl2FO2/c20-15-2-1-3-16(21)19(15)18-11-9-14(24-18)8-10-17(23)12-4-6-13(22)7-5-12/h1-11H/b10-8+. The number of hydrogen-bond donors (Lipinski definition) is 0. The fraction of sp³-hybridized carbons (Fsp3) is 0. The third kappa shape index (κ3) is 3.58. The second-order valence-electron chi connectivity index (χ2n) is 5.00. The van der Waals surface area contributed by atoms with Gasteiger partial charge in [0.1, 0.15) is 17.3 Å². The largest absolute Gasteiger partial charge is 0.457 e. The van der Waals surface area contributed by atoms with Gasteiger partial charge in [-0.25, -0.2) is 4.39 Å². The minimum atomic E-state index is -0.386. The summed E-state index contributed by atoms with van der Waals surface area (Å²) in [5, 5.41) is 0.963. The van der Waals surface area contributed by atoms with Gasteiger partial charge in [0.05, 0.1) is 15.6 Å². The van der Waals surface area contributed by atoms with E-state index in [2.05, 4.69) is 0 Å². The summed E-state index contributed by atoms with van der Waals surface area (Å²) in [6.45, 7) is 0. The molecule has 0 amide bonds. The summed E-state index contributed by atoms with van der Waals surface area (Å²) in [7, 11) is 0. The molecule has 0 aliphatic heterocycles. The first-order valence-electron chi connectivity index (χ1n) is 7.07. The number of ketones is 1. The molecule has 0 bridgehead atoms. The highest BCUT2D eigenvalue weighted by Gasteiger charge is 2.12. The minimum Gasteiger partial charge on any atom is -0.457 e. The molecule has 2 aromatic carbocycles. The number of rotatable bonds is 4. The van der Waals surface area contributed by atoms with Gasteiger partial charge in [0, 0.05) is 5.56 Å². The smallest absolute Gasteiger partial charge is 0.185 e. The summed E-state index contributed by atoms with van der Waals surface area (Å²) in [4.78, 5) is 12.0. The van der Waals surface area contributed by atoms with Crippen LogP contribution in [-0.4, -0.2) is 5.78 Å². The van der Waals surface area contributed by atoms with Crippen LogP contribution in [0.1, 0.15) is 16.1 Å². The van der Waals surface area contributed by atoms with E-state index >= 15 is 0 Å². The van der Waals surface area contributed by atoms with Crippen molar-refractivity contribution in [1.29, 1.82) is 0 Å². The lowest BCUT2D eigenvalue weighted by molar-refractivity contribution is 0.104. The summed E-state index contributed by atoms with van der Waals surface area (Å²) in [5.41, 5.74) is 0.999. The summed E-state index contributed by atoms with van der Waals surface area (Å²) in [6, 6.07) is 14.0. The van der Waals surface area contributed by atoms with E-state index in [1.54, 1.807) is 36.4 Å². The van der Waals surface area contributed by atoms with Crippen LogP contribution in [0, 0.1) is 5.82 Å². The average molecular weight is 361 g/mol. The van der Waals surface area contributed by atoms with Crippen molar-refractivity contribution in [1.82, 2.24) is 0 Å². The molecule has 1 heterocycles. The third-order valence-electron chi connectivity index (χ3n) is 3.36. The number of carbonyl (C=O) groups excluding carboxylic acids is 1. The molecular weight excluding hydrogens is 350 g/mol. The molecule has 0 aliphatic carbocycles. The lowest BCUT2D eigenvalue weighted by Crippen LogP contribution is -1.93. The van der Waals surface area contributed by atoms with Gasteiger partial charge in [-0.1, -0.05) is 29.3 Å². The Morgan fingerprint density at radius 2 is 1.62 bits per heavy atom. The molecule has 24 heavy (non-hydrogen) atoms. The second kappa shape index (κ2) is 7.04. The van der Waals surface area contributed by atoms with Gasteiger partial charge in [-0.2, -0.15) is 0 Å². The van der Waals surface area contributed by atoms with E-state index in [1.165, 1.54) is 30.3 Å². The van der Waals surface area contributed by atoms with Crippen LogP contribution >= 0.6 is 23.2 Å². The van der Waals surface area contributed by atoms with E-state index in [0.29, 0.717) is 32.7 Å². The van der Waals surface area contributed by atoms with Crippen molar-refractivity contribution < 1.29 is 13.6 Å². The molecule has 0 saturated carbocycles. The topological polar surface area (TPSA) is 30.2 Å². The molecule has 0 radical (unpaired) electrons. The third-order valence-corrected chi connectivity index (χ3v) is 3.99. The molecule has 120 valence electrons. The van der Waals surface area contributed by atoms with E-state index < -0.39 is 0 Å². The molecule has 0 fully saturated rings. The van der Waals surface area contributed by atoms with Crippen LogP contribution in [0.4, 0.5) is 4.39 Å². The van der Waals surface area contributed by atoms with Crippen LogP contribution in [0.3, 0.4) is 0 Å². The van der Waals surface area contributed by atoms with Crippen LogP contribution in [-0.2, 0) is 0 Å². The maximum Gasteiger partial charge on any atom is 0.185 e. The van der Waals surface area contributed by atoms with Crippen molar-refractivity contribution in [2.75, 3.05) is 0 Å². The number of furan rings is 1. The van der Waals surface area contributed by atoms with Crippen molar-refractivity contribution in [3.8, 4) is 11.3 Å². The number of allylic oxidation sites excluding steroid dienone is 1. The molecule has 2 nitrogen and oxygen atoms in total. The molecule has 3 aromatic rings. The van der Waals surface area contributed by atoms with Crippen molar-refractivity contribution >= 4 is 35.1 Å². The average Bonchev–Trinajstić information content (AvgIpc) is 3.02. The maximum atomic E-state index is 12.9. The number of carbonyl (C=O) groups is 1. The lowest BCUT2D eigenvalue weighted by Gasteiger charge is -2.02. The van der Waals surface area contributed by atoms with Crippen LogP contribution < -0.4 is 0 Å². The lowest BCUT2D eigenvalue weighted by atomic mass is 10.1. The summed E-state index contributed by atoms with van der Waals surface area (Å²) >= 11 is 12.3. The summed E-state index contributed by atoms with van der Waals surface area (Å²) in [5.74, 6) is 0.363. The highest BCUT2D eigenvalue weighted by molar-refractivity contribution is 6.39. The van der Waals surface area contributed by atoms with E-state index in [4.69, 9.17) is 27.6 Å². The normalized spacial score (nSPS) is 11.1. The quantitative estimate of drug-likeness (QED) is 0.404. The van der Waals surface area contributed by atoms with Crippen molar-refractivity contribution in [2.45, 2.75) is 0 Å². The first-order chi connectivity index (χ1) is 11.5. The Hall–Kier alpha value is -2.36. The van der Waals surface area contributed by atoms with E-state index in [9.17, 15) is 9.18 Å². The van der Waals surface area contributed by atoms with Gasteiger partial charge in [-0.3, -0.25) is 4.79 Å². The van der Waals surface area contributed by atoms with Crippen LogP contribution in [0.15, 0.2) is 65.1 Å². The van der Waals surface area contributed by atoms with E-state index in [1.807, 2.05) is 0 Å². The van der Waals surface area contributed by atoms with Crippen LogP contribution in [0.5, 0.6) is 0 Å². The Bertz CT molecular complexity index is 891. The van der Waals surface area contributed by atoms with Crippen LogP contribution in [0.25, 0.3) is 17.4 Å². The van der Waals surface area contributed by atoms with Crippen LogP contribution in [0.2, 0.25) is 10.0 Å². The molecule has 0 N–H and O–H groups in total. The number of halogens is 3. The molecule has 0 spiro atoms. The number of benzene rings is 2. The molecule has 3 rings (SSSR count). The van der Waals surface area contributed by atoms with Gasteiger partial charge >= 0.3 is 0 Å². The Balaban J connectivity index is 1.81. The fourth-order valence-corrected chi connectivity index (χ4v) is 2.76. The van der Waals surface area contributed by atoms with Gasteiger partial charge in [-0.15, -0.1) is 0 Å². The second-order valence-corrected chi connectivity index (χ2v) is 5.82. The minimum absolute atomic E-state index is 0.247. The highest BCUT2D eigenvalue weighted by Crippen LogP contribution is 2.35. The number of hydrogen-bond acceptors (Lipinski definition) is 2. The van der Waals surface area contributed by atoms with Gasteiger partial charge in [-0.05, 0) is 60.7 Å². The monoisotopic (exact) mass is 360 g/mol. The van der Waals surface area contributed by atoms with Crippen molar-refractivity contribution in [3.63, 3.8) is 0 Å². The van der Waals surface area contributed by atoms with Crippen molar-refractivity contribution in [2.24, 2.45) is 0 Å². The van der Waals surface area contributed by atoms with E-state index in [0.717, 1.165) is 0 Å².